The average molecular weight is 585 g/mol. The number of carbonyl (C=O) groups excluding carboxylic acids is 2. The Kier molecular flexibility index (Phi) is 11.0. The fourth-order valence-electron chi connectivity index (χ4n) is 4.63. The molecule has 0 aliphatic heterocycles. The molecule has 0 unspecified atom stereocenters. The smallest absolute Gasteiger partial charge is 0.400 e. The van der Waals surface area contributed by atoms with E-state index in [1.54, 1.807) is 0 Å². The van der Waals surface area contributed by atoms with Crippen molar-refractivity contribution < 1.29 is 45.8 Å². The van der Waals surface area contributed by atoms with Crippen molar-refractivity contribution in [3.05, 3.63) is 59.7 Å². The van der Waals surface area contributed by atoms with Crippen LogP contribution in [0, 0.1) is 11.8 Å². The summed E-state index contributed by atoms with van der Waals surface area (Å²) in [5.74, 6) is -2.41. The number of hydrogen-bond acceptors (Lipinski definition) is 7. The van der Waals surface area contributed by atoms with Gasteiger partial charge in [-0.1, -0.05) is 18.6 Å². The lowest BCUT2D eigenvalue weighted by Crippen LogP contribution is -2.37. The molecule has 2 aromatic rings. The van der Waals surface area contributed by atoms with Crippen LogP contribution < -0.4 is 16.2 Å². The number of hydrogen-bond donors (Lipinski definition) is 2. The van der Waals surface area contributed by atoms with Crippen LogP contribution in [0.3, 0.4) is 0 Å². The molecule has 0 atom stereocenters. The molecule has 1 fully saturated rings. The van der Waals surface area contributed by atoms with Crippen molar-refractivity contribution in [1.29, 1.82) is 0 Å². The van der Waals surface area contributed by atoms with Crippen LogP contribution in [0.15, 0.2) is 48.5 Å². The summed E-state index contributed by atoms with van der Waals surface area (Å²) in [5, 5.41) is 0. The molecule has 0 spiro atoms. The van der Waals surface area contributed by atoms with Gasteiger partial charge in [-0.25, -0.2) is 9.59 Å². The van der Waals surface area contributed by atoms with Crippen molar-refractivity contribution in [3.63, 3.8) is 0 Å². The van der Waals surface area contributed by atoms with Crippen LogP contribution in [-0.4, -0.2) is 37.4 Å². The van der Waals surface area contributed by atoms with Gasteiger partial charge in [-0.15, -0.1) is 0 Å². The molecule has 224 valence electrons. The van der Waals surface area contributed by atoms with Gasteiger partial charge in [-0.05, 0) is 80.0 Å². The Bertz CT molecular complexity index is 1170. The lowest BCUT2D eigenvalue weighted by Gasteiger charge is -2.33. The summed E-state index contributed by atoms with van der Waals surface area (Å²) in [4.78, 5) is 23.9. The topological polar surface area (TPSA) is 114 Å². The number of esters is 2. The van der Waals surface area contributed by atoms with E-state index in [4.69, 9.17) is 25.7 Å². The Morgan fingerprint density at radius 3 is 2.10 bits per heavy atom. The minimum atomic E-state index is -4.19. The van der Waals surface area contributed by atoms with Gasteiger partial charge in [0.25, 0.3) is 0 Å². The van der Waals surface area contributed by atoms with Crippen LogP contribution in [0.2, 0.25) is 0 Å². The van der Waals surface area contributed by atoms with Crippen molar-refractivity contribution in [2.45, 2.75) is 57.2 Å². The molecular formula is C29H33F5N2O5. The summed E-state index contributed by atoms with van der Waals surface area (Å²) in [6, 6.07) is 9.99. The van der Waals surface area contributed by atoms with Crippen LogP contribution in [0.4, 0.5) is 33.3 Å². The molecule has 2 aromatic carbocycles. The number of alkyl halides is 5. The quantitative estimate of drug-likeness (QED) is 0.0930. The van der Waals surface area contributed by atoms with E-state index < -0.39 is 36.6 Å². The zero-order valence-corrected chi connectivity index (χ0v) is 22.3. The number of rotatable bonds is 12. The highest BCUT2D eigenvalue weighted by Gasteiger charge is 2.44. The van der Waals surface area contributed by atoms with Crippen molar-refractivity contribution in [3.8, 4) is 5.75 Å². The van der Waals surface area contributed by atoms with Gasteiger partial charge in [0.05, 0.1) is 11.5 Å². The number of carbonyl (C=O) groups is 2. The molecule has 4 N–H and O–H groups in total. The SMILES string of the molecule is Nc1cc(N)cc(C(=O)OCCOC(=O)/C=C/c2ccc(OC(F)(F)C3CCC(CCCC(F)(F)F)CC3)cc2)c1. The Hall–Kier alpha value is -3.83. The highest BCUT2D eigenvalue weighted by Crippen LogP contribution is 2.41. The molecule has 3 rings (SSSR count). The summed E-state index contributed by atoms with van der Waals surface area (Å²) in [5.41, 5.74) is 12.6. The second kappa shape index (κ2) is 14.2. The van der Waals surface area contributed by atoms with Crippen LogP contribution in [0.5, 0.6) is 5.75 Å². The molecule has 12 heteroatoms. The number of ether oxygens (including phenoxy) is 3. The van der Waals surface area contributed by atoms with Crippen molar-refractivity contribution in [2.24, 2.45) is 11.8 Å². The number of nitrogen functional groups attached to an aromatic ring is 2. The van der Waals surface area contributed by atoms with Gasteiger partial charge < -0.3 is 25.7 Å². The normalized spacial score (nSPS) is 17.8. The molecule has 0 amide bonds. The van der Waals surface area contributed by atoms with Gasteiger partial charge in [0, 0.05) is 23.9 Å². The molecule has 0 aromatic heterocycles. The van der Waals surface area contributed by atoms with E-state index in [-0.39, 0.29) is 49.7 Å². The van der Waals surface area contributed by atoms with E-state index >= 15 is 0 Å². The molecule has 0 heterocycles. The fraction of sp³-hybridized carbons (Fsp3) is 0.448. The molecule has 1 aliphatic carbocycles. The predicted molar refractivity (Wildman–Crippen MR) is 143 cm³/mol. The van der Waals surface area contributed by atoms with E-state index in [0.717, 1.165) is 6.08 Å². The third-order valence-corrected chi connectivity index (χ3v) is 6.71. The molecule has 1 aliphatic rings. The Morgan fingerprint density at radius 1 is 0.878 bits per heavy atom. The van der Waals surface area contributed by atoms with E-state index in [0.29, 0.717) is 36.2 Å². The Balaban J connectivity index is 1.37. The molecule has 41 heavy (non-hydrogen) atoms. The zero-order valence-electron chi connectivity index (χ0n) is 22.3. The lowest BCUT2D eigenvalue weighted by atomic mass is 9.79. The van der Waals surface area contributed by atoms with Gasteiger partial charge in [-0.3, -0.25) is 0 Å². The number of halogens is 5. The van der Waals surface area contributed by atoms with Gasteiger partial charge in [0.1, 0.15) is 19.0 Å². The molecule has 1 saturated carbocycles. The van der Waals surface area contributed by atoms with Crippen molar-refractivity contribution in [2.75, 3.05) is 24.7 Å². The van der Waals surface area contributed by atoms with Crippen molar-refractivity contribution >= 4 is 29.4 Å². The van der Waals surface area contributed by atoms with Crippen molar-refractivity contribution in [1.82, 2.24) is 0 Å². The second-order valence-electron chi connectivity index (χ2n) is 9.98. The van der Waals surface area contributed by atoms with Gasteiger partial charge >= 0.3 is 24.2 Å². The summed E-state index contributed by atoms with van der Waals surface area (Å²) in [7, 11) is 0. The van der Waals surface area contributed by atoms with Gasteiger partial charge in [0.2, 0.25) is 0 Å². The maximum atomic E-state index is 14.7. The van der Waals surface area contributed by atoms with Gasteiger partial charge in [-0.2, -0.15) is 22.0 Å². The maximum Gasteiger partial charge on any atom is 0.400 e. The number of benzene rings is 2. The maximum absolute atomic E-state index is 14.7. The molecule has 7 nitrogen and oxygen atoms in total. The first kappa shape index (κ1) is 31.7. The van der Waals surface area contributed by atoms with E-state index in [9.17, 15) is 31.5 Å². The van der Waals surface area contributed by atoms with E-state index in [1.807, 2.05) is 0 Å². The summed E-state index contributed by atoms with van der Waals surface area (Å²) < 4.78 is 81.4. The monoisotopic (exact) mass is 584 g/mol. The average Bonchev–Trinajstić information content (AvgIpc) is 2.89. The Morgan fingerprint density at radius 2 is 1.49 bits per heavy atom. The largest absolute Gasteiger partial charge is 0.459 e. The minimum Gasteiger partial charge on any atom is -0.459 e. The third-order valence-electron chi connectivity index (χ3n) is 6.71. The third kappa shape index (κ3) is 10.9. The number of nitrogens with two attached hydrogens (primary N) is 2. The molecule has 0 bridgehead atoms. The standard InChI is InChI=1S/C29H33F5N2O5/c30-28(31,32)13-1-2-19-3-8-22(9-4-19)29(33,34)41-25-10-5-20(6-11-25)7-12-26(37)39-14-15-40-27(38)21-16-23(35)18-24(36)17-21/h5-7,10-12,16-19,22H,1-4,8-9,13-15,35-36H2/b12-7+. The lowest BCUT2D eigenvalue weighted by molar-refractivity contribution is -0.223. The van der Waals surface area contributed by atoms with Crippen LogP contribution >= 0.6 is 0 Å². The van der Waals surface area contributed by atoms with Crippen LogP contribution in [0.1, 0.15) is 60.9 Å². The molecule has 0 saturated heterocycles. The highest BCUT2D eigenvalue weighted by molar-refractivity contribution is 5.91. The number of anilines is 2. The second-order valence-corrected chi connectivity index (χ2v) is 9.98. The first-order valence-corrected chi connectivity index (χ1v) is 13.2. The highest BCUT2D eigenvalue weighted by atomic mass is 19.4. The first-order chi connectivity index (χ1) is 19.3. The fourth-order valence-corrected chi connectivity index (χ4v) is 4.63. The van der Waals surface area contributed by atoms with Crippen LogP contribution in [0.25, 0.3) is 6.08 Å². The predicted octanol–water partition coefficient (Wildman–Crippen LogP) is 6.78. The first-order valence-electron chi connectivity index (χ1n) is 13.2. The zero-order chi connectivity index (χ0) is 30.0. The molecule has 0 radical (unpaired) electrons. The van der Waals surface area contributed by atoms with E-state index in [1.165, 1.54) is 48.5 Å². The summed E-state index contributed by atoms with van der Waals surface area (Å²) in [6.45, 7) is -0.378. The van der Waals surface area contributed by atoms with E-state index in [2.05, 4.69) is 0 Å². The summed E-state index contributed by atoms with van der Waals surface area (Å²) in [6.07, 6.45) is -4.25. The minimum absolute atomic E-state index is 0.0148. The van der Waals surface area contributed by atoms with Gasteiger partial charge in [0.15, 0.2) is 0 Å². The summed E-state index contributed by atoms with van der Waals surface area (Å²) >= 11 is 0. The Labute approximate surface area is 234 Å². The van der Waals surface area contributed by atoms with Crippen LogP contribution in [-0.2, 0) is 14.3 Å². The molecular weight excluding hydrogens is 551 g/mol.